The summed E-state index contributed by atoms with van der Waals surface area (Å²) < 4.78 is 12.2. The first-order valence-corrected chi connectivity index (χ1v) is 9.42. The number of carbonyl (C=O) groups is 1. The van der Waals surface area contributed by atoms with Gasteiger partial charge in [-0.15, -0.1) is 0 Å². The molecule has 0 unspecified atom stereocenters. The molecule has 30 heavy (non-hydrogen) atoms. The number of hydrogen-bond acceptors (Lipinski definition) is 7. The summed E-state index contributed by atoms with van der Waals surface area (Å²) in [5.41, 5.74) is 1.48. The molecule has 3 heterocycles. The largest absolute Gasteiger partial charge is 0.497 e. The van der Waals surface area contributed by atoms with E-state index in [0.29, 0.717) is 36.7 Å². The third kappa shape index (κ3) is 4.69. The summed E-state index contributed by atoms with van der Waals surface area (Å²) in [6, 6.07) is 11.0. The van der Waals surface area contributed by atoms with Gasteiger partial charge in [0.15, 0.2) is 0 Å². The SMILES string of the molecule is COc1ccc(-c2noc(CCCC(=O)Nc3ccc(-n4ccnc4)nc3)n2)cc1. The van der Waals surface area contributed by atoms with E-state index in [0.717, 1.165) is 17.1 Å². The predicted molar refractivity (Wildman–Crippen MR) is 109 cm³/mol. The highest BCUT2D eigenvalue weighted by atomic mass is 16.5. The summed E-state index contributed by atoms with van der Waals surface area (Å²) >= 11 is 0. The van der Waals surface area contributed by atoms with E-state index in [-0.39, 0.29) is 5.91 Å². The molecule has 0 aliphatic heterocycles. The zero-order chi connectivity index (χ0) is 20.8. The summed E-state index contributed by atoms with van der Waals surface area (Å²) in [6.45, 7) is 0. The van der Waals surface area contributed by atoms with Gasteiger partial charge in [0.2, 0.25) is 17.6 Å². The molecule has 0 radical (unpaired) electrons. The molecule has 1 amide bonds. The minimum Gasteiger partial charge on any atom is -0.497 e. The van der Waals surface area contributed by atoms with Gasteiger partial charge in [-0.25, -0.2) is 9.97 Å². The predicted octanol–water partition coefficient (Wildman–Crippen LogP) is 3.29. The molecular weight excluding hydrogens is 384 g/mol. The van der Waals surface area contributed by atoms with Gasteiger partial charge in [-0.3, -0.25) is 9.36 Å². The number of nitrogens with one attached hydrogen (secondary N) is 1. The monoisotopic (exact) mass is 404 g/mol. The van der Waals surface area contributed by atoms with Crippen molar-refractivity contribution < 1.29 is 14.1 Å². The molecule has 0 bridgehead atoms. The van der Waals surface area contributed by atoms with Crippen LogP contribution in [0.5, 0.6) is 5.75 Å². The van der Waals surface area contributed by atoms with Crippen LogP contribution in [0.2, 0.25) is 0 Å². The fourth-order valence-electron chi connectivity index (χ4n) is 2.84. The van der Waals surface area contributed by atoms with Gasteiger partial charge < -0.3 is 14.6 Å². The van der Waals surface area contributed by atoms with Crippen LogP contribution in [0.15, 0.2) is 65.8 Å². The molecule has 1 aromatic carbocycles. The van der Waals surface area contributed by atoms with E-state index < -0.39 is 0 Å². The highest BCUT2D eigenvalue weighted by Crippen LogP contribution is 2.20. The third-order valence-electron chi connectivity index (χ3n) is 4.41. The van der Waals surface area contributed by atoms with Gasteiger partial charge in [-0.1, -0.05) is 5.16 Å². The van der Waals surface area contributed by atoms with E-state index in [1.165, 1.54) is 0 Å². The zero-order valence-electron chi connectivity index (χ0n) is 16.4. The average molecular weight is 404 g/mol. The van der Waals surface area contributed by atoms with Gasteiger partial charge in [-0.05, 0) is 42.8 Å². The number of nitrogens with zero attached hydrogens (tertiary/aromatic N) is 5. The van der Waals surface area contributed by atoms with E-state index in [4.69, 9.17) is 9.26 Å². The van der Waals surface area contributed by atoms with E-state index in [1.54, 1.807) is 42.7 Å². The minimum absolute atomic E-state index is 0.0953. The van der Waals surface area contributed by atoms with Crippen LogP contribution in [0.4, 0.5) is 5.69 Å². The fraction of sp³-hybridized carbons (Fsp3) is 0.190. The number of ether oxygens (including phenoxy) is 1. The van der Waals surface area contributed by atoms with Crippen molar-refractivity contribution in [1.82, 2.24) is 24.7 Å². The summed E-state index contributed by atoms with van der Waals surface area (Å²) in [6.07, 6.45) is 8.22. The maximum Gasteiger partial charge on any atom is 0.226 e. The molecule has 0 atom stereocenters. The van der Waals surface area contributed by atoms with Crippen LogP contribution >= 0.6 is 0 Å². The Morgan fingerprint density at radius 3 is 2.77 bits per heavy atom. The first-order chi connectivity index (χ1) is 14.7. The number of methoxy groups -OCH3 is 1. The van der Waals surface area contributed by atoms with Gasteiger partial charge in [0.25, 0.3) is 0 Å². The Morgan fingerprint density at radius 1 is 1.20 bits per heavy atom. The summed E-state index contributed by atoms with van der Waals surface area (Å²) in [5.74, 6) is 2.41. The minimum atomic E-state index is -0.0953. The third-order valence-corrected chi connectivity index (χ3v) is 4.41. The molecule has 3 aromatic heterocycles. The molecule has 9 heteroatoms. The van der Waals surface area contributed by atoms with Crippen LogP contribution in [0.3, 0.4) is 0 Å². The Bertz CT molecular complexity index is 1090. The summed E-state index contributed by atoms with van der Waals surface area (Å²) in [5, 5.41) is 6.83. The second kappa shape index (κ2) is 8.99. The van der Waals surface area contributed by atoms with Gasteiger partial charge in [-0.2, -0.15) is 4.98 Å². The van der Waals surface area contributed by atoms with E-state index in [2.05, 4.69) is 25.4 Å². The molecule has 0 fully saturated rings. The molecule has 4 rings (SSSR count). The zero-order valence-corrected chi connectivity index (χ0v) is 16.4. The lowest BCUT2D eigenvalue weighted by Gasteiger charge is -2.06. The lowest BCUT2D eigenvalue weighted by Crippen LogP contribution is -2.12. The molecule has 0 aliphatic rings. The second-order valence-electron chi connectivity index (χ2n) is 6.52. The molecule has 0 saturated carbocycles. The van der Waals surface area contributed by atoms with Crippen LogP contribution in [-0.4, -0.2) is 37.7 Å². The van der Waals surface area contributed by atoms with Crippen molar-refractivity contribution in [1.29, 1.82) is 0 Å². The number of rotatable bonds is 8. The molecule has 4 aromatic rings. The standard InChI is InChI=1S/C21H20N6O3/c1-29-17-8-5-15(6-9-17)21-25-20(30-26-21)4-2-3-19(28)24-16-7-10-18(23-13-16)27-12-11-22-14-27/h5-14H,2-4H2,1H3,(H,24,28). The molecule has 9 nitrogen and oxygen atoms in total. The van der Waals surface area contributed by atoms with Crippen LogP contribution in [-0.2, 0) is 11.2 Å². The Morgan fingerprint density at radius 2 is 2.07 bits per heavy atom. The Kier molecular flexibility index (Phi) is 5.79. The highest BCUT2D eigenvalue weighted by Gasteiger charge is 2.10. The van der Waals surface area contributed by atoms with Crippen LogP contribution in [0, 0.1) is 0 Å². The summed E-state index contributed by atoms with van der Waals surface area (Å²) in [7, 11) is 1.62. The van der Waals surface area contributed by atoms with Gasteiger partial charge in [0.05, 0.1) is 19.0 Å². The number of benzene rings is 1. The number of imidazole rings is 1. The van der Waals surface area contributed by atoms with Crippen LogP contribution in [0.1, 0.15) is 18.7 Å². The smallest absolute Gasteiger partial charge is 0.226 e. The van der Waals surface area contributed by atoms with E-state index in [9.17, 15) is 4.79 Å². The molecule has 0 saturated heterocycles. The number of amides is 1. The van der Waals surface area contributed by atoms with Crippen LogP contribution in [0.25, 0.3) is 17.2 Å². The number of carbonyl (C=O) groups excluding carboxylic acids is 1. The first-order valence-electron chi connectivity index (χ1n) is 9.42. The maximum atomic E-state index is 12.2. The Labute approximate surface area is 172 Å². The first kappa shape index (κ1) is 19.3. The van der Waals surface area contributed by atoms with E-state index in [1.807, 2.05) is 30.3 Å². The number of pyridine rings is 1. The molecule has 1 N–H and O–H groups in total. The van der Waals surface area contributed by atoms with Gasteiger partial charge in [0, 0.05) is 30.8 Å². The molecule has 0 aliphatic carbocycles. The normalized spacial score (nSPS) is 10.7. The molecule has 152 valence electrons. The molecular formula is C21H20N6O3. The molecule has 0 spiro atoms. The highest BCUT2D eigenvalue weighted by molar-refractivity contribution is 5.90. The van der Waals surface area contributed by atoms with Crippen molar-refractivity contribution in [3.63, 3.8) is 0 Å². The van der Waals surface area contributed by atoms with Crippen molar-refractivity contribution in [2.24, 2.45) is 0 Å². The lowest BCUT2D eigenvalue weighted by molar-refractivity contribution is -0.116. The quantitative estimate of drug-likeness (QED) is 0.480. The van der Waals surface area contributed by atoms with Gasteiger partial charge in [0.1, 0.15) is 17.9 Å². The van der Waals surface area contributed by atoms with Crippen molar-refractivity contribution in [3.05, 3.63) is 67.2 Å². The van der Waals surface area contributed by atoms with Crippen molar-refractivity contribution in [2.45, 2.75) is 19.3 Å². The number of aromatic nitrogens is 5. The van der Waals surface area contributed by atoms with Gasteiger partial charge >= 0.3 is 0 Å². The Hall–Kier alpha value is -4.01. The number of anilines is 1. The van der Waals surface area contributed by atoms with Crippen LogP contribution < -0.4 is 10.1 Å². The lowest BCUT2D eigenvalue weighted by atomic mass is 10.2. The number of aryl methyl sites for hydroxylation is 1. The summed E-state index contributed by atoms with van der Waals surface area (Å²) in [4.78, 5) is 24.9. The number of hydrogen-bond donors (Lipinski definition) is 1. The maximum absolute atomic E-state index is 12.2. The average Bonchev–Trinajstić information content (AvgIpc) is 3.47. The topological polar surface area (TPSA) is 108 Å². The van der Waals surface area contributed by atoms with Crippen molar-refractivity contribution in [2.75, 3.05) is 12.4 Å². The Balaban J connectivity index is 1.25. The van der Waals surface area contributed by atoms with Crippen molar-refractivity contribution in [3.8, 4) is 23.0 Å². The second-order valence-corrected chi connectivity index (χ2v) is 6.52. The van der Waals surface area contributed by atoms with Crippen molar-refractivity contribution >= 4 is 11.6 Å². The van der Waals surface area contributed by atoms with E-state index >= 15 is 0 Å². The fourth-order valence-corrected chi connectivity index (χ4v) is 2.84.